The number of nitrogens with one attached hydrogen (secondary N) is 1. The average molecular weight is 212 g/mol. The zero-order valence-corrected chi connectivity index (χ0v) is 9.28. The van der Waals surface area contributed by atoms with Gasteiger partial charge in [-0.1, -0.05) is 0 Å². The van der Waals surface area contributed by atoms with E-state index in [1.54, 1.807) is 6.92 Å². The van der Waals surface area contributed by atoms with Crippen LogP contribution in [-0.4, -0.2) is 47.2 Å². The quantitative estimate of drug-likeness (QED) is 0.695. The molecule has 86 valence electrons. The number of rotatable bonds is 4. The minimum Gasteiger partial charge on any atom is -0.392 e. The van der Waals surface area contributed by atoms with Crippen LogP contribution in [0.4, 0.5) is 0 Å². The molecule has 4 nitrogen and oxygen atoms in total. The summed E-state index contributed by atoms with van der Waals surface area (Å²) in [4.78, 5) is 14.0. The molecule has 2 aliphatic rings. The van der Waals surface area contributed by atoms with Gasteiger partial charge in [-0.15, -0.1) is 0 Å². The molecule has 0 aromatic rings. The Morgan fingerprint density at radius 1 is 1.53 bits per heavy atom. The van der Waals surface area contributed by atoms with Crippen LogP contribution in [-0.2, 0) is 4.79 Å². The first kappa shape index (κ1) is 10.9. The van der Waals surface area contributed by atoms with Gasteiger partial charge in [-0.2, -0.15) is 0 Å². The van der Waals surface area contributed by atoms with Crippen LogP contribution in [0, 0.1) is 0 Å². The third-order valence-corrected chi connectivity index (χ3v) is 3.09. The number of likely N-dealkylation sites (tertiary alicyclic amines) is 1. The Morgan fingerprint density at radius 3 is 2.87 bits per heavy atom. The fourth-order valence-electron chi connectivity index (χ4n) is 2.21. The second-order valence-electron chi connectivity index (χ2n) is 4.78. The van der Waals surface area contributed by atoms with E-state index >= 15 is 0 Å². The highest BCUT2D eigenvalue weighted by Crippen LogP contribution is 2.22. The van der Waals surface area contributed by atoms with E-state index in [0.717, 1.165) is 32.2 Å². The average Bonchev–Trinajstić information content (AvgIpc) is 2.83. The van der Waals surface area contributed by atoms with Gasteiger partial charge in [0.2, 0.25) is 5.91 Å². The van der Waals surface area contributed by atoms with Crippen LogP contribution in [0.25, 0.3) is 0 Å². The van der Waals surface area contributed by atoms with Crippen LogP contribution in [0.2, 0.25) is 0 Å². The highest BCUT2D eigenvalue weighted by molar-refractivity contribution is 5.82. The van der Waals surface area contributed by atoms with Crippen molar-refractivity contribution in [2.45, 2.75) is 50.8 Å². The third kappa shape index (κ3) is 2.92. The lowest BCUT2D eigenvalue weighted by atomic mass is 10.2. The number of hydrogen-bond donors (Lipinski definition) is 2. The predicted octanol–water partition coefficient (Wildman–Crippen LogP) is 0.110. The molecule has 0 aromatic carbocycles. The van der Waals surface area contributed by atoms with Crippen molar-refractivity contribution in [3.05, 3.63) is 0 Å². The highest BCUT2D eigenvalue weighted by atomic mass is 16.3. The van der Waals surface area contributed by atoms with Crippen molar-refractivity contribution < 1.29 is 9.90 Å². The summed E-state index contributed by atoms with van der Waals surface area (Å²) in [5.41, 5.74) is 0. The minimum atomic E-state index is -0.348. The van der Waals surface area contributed by atoms with Crippen molar-refractivity contribution in [2.24, 2.45) is 0 Å². The van der Waals surface area contributed by atoms with Gasteiger partial charge in [-0.3, -0.25) is 9.69 Å². The van der Waals surface area contributed by atoms with Crippen molar-refractivity contribution in [3.63, 3.8) is 0 Å². The summed E-state index contributed by atoms with van der Waals surface area (Å²) in [6, 6.07) is 0.437. The zero-order valence-electron chi connectivity index (χ0n) is 9.28. The van der Waals surface area contributed by atoms with Crippen LogP contribution in [0.3, 0.4) is 0 Å². The van der Waals surface area contributed by atoms with Gasteiger partial charge in [0.05, 0.1) is 12.1 Å². The molecule has 2 atom stereocenters. The highest BCUT2D eigenvalue weighted by Gasteiger charge is 2.34. The molecule has 1 amide bonds. The Hall–Kier alpha value is -0.610. The molecule has 2 N–H and O–H groups in total. The maximum absolute atomic E-state index is 11.9. The van der Waals surface area contributed by atoms with Gasteiger partial charge in [-0.05, 0) is 39.2 Å². The molecule has 0 spiro atoms. The molecule has 4 heteroatoms. The SMILES string of the molecule is CC(O)CN1CCCC1C(=O)NC1CC1. The monoisotopic (exact) mass is 212 g/mol. The first-order valence-corrected chi connectivity index (χ1v) is 5.89. The lowest BCUT2D eigenvalue weighted by molar-refractivity contribution is -0.125. The summed E-state index contributed by atoms with van der Waals surface area (Å²) in [6.07, 6.45) is 3.92. The number of amides is 1. The number of carbonyl (C=O) groups excluding carboxylic acids is 1. The molecule has 1 aliphatic heterocycles. The molecular weight excluding hydrogens is 192 g/mol. The normalized spacial score (nSPS) is 29.1. The summed E-state index contributed by atoms with van der Waals surface area (Å²) >= 11 is 0. The number of hydrogen-bond acceptors (Lipinski definition) is 3. The van der Waals surface area contributed by atoms with Crippen LogP contribution in [0.15, 0.2) is 0 Å². The number of β-amino-alcohol motifs (C(OH)–C–C–N with tert-alkyl or cyclic N) is 1. The lowest BCUT2D eigenvalue weighted by Crippen LogP contribution is -2.46. The zero-order chi connectivity index (χ0) is 10.8. The smallest absolute Gasteiger partial charge is 0.237 e. The van der Waals surface area contributed by atoms with Crippen LogP contribution < -0.4 is 5.32 Å². The third-order valence-electron chi connectivity index (χ3n) is 3.09. The van der Waals surface area contributed by atoms with E-state index in [1.165, 1.54) is 0 Å². The van der Waals surface area contributed by atoms with Crippen molar-refractivity contribution >= 4 is 5.91 Å². The first-order chi connectivity index (χ1) is 7.16. The van der Waals surface area contributed by atoms with Crippen molar-refractivity contribution in [1.82, 2.24) is 10.2 Å². The molecule has 2 fully saturated rings. The Bertz CT molecular complexity index is 239. The minimum absolute atomic E-state index is 0.000185. The van der Waals surface area contributed by atoms with Gasteiger partial charge in [0.1, 0.15) is 0 Å². The number of aliphatic hydroxyl groups excluding tert-OH is 1. The molecule has 1 heterocycles. The number of carbonyl (C=O) groups is 1. The Labute approximate surface area is 90.6 Å². The maximum Gasteiger partial charge on any atom is 0.237 e. The lowest BCUT2D eigenvalue weighted by Gasteiger charge is -2.24. The Balaban J connectivity index is 1.85. The summed E-state index contributed by atoms with van der Waals surface area (Å²) < 4.78 is 0. The number of aliphatic hydroxyl groups is 1. The van der Waals surface area contributed by atoms with E-state index in [9.17, 15) is 9.90 Å². The Morgan fingerprint density at radius 2 is 2.27 bits per heavy atom. The second kappa shape index (κ2) is 4.49. The van der Waals surface area contributed by atoms with E-state index < -0.39 is 0 Å². The second-order valence-corrected chi connectivity index (χ2v) is 4.78. The van der Waals surface area contributed by atoms with Gasteiger partial charge in [0.25, 0.3) is 0 Å². The van der Waals surface area contributed by atoms with E-state index in [2.05, 4.69) is 10.2 Å². The number of nitrogens with zero attached hydrogens (tertiary/aromatic N) is 1. The molecule has 15 heavy (non-hydrogen) atoms. The van der Waals surface area contributed by atoms with Gasteiger partial charge >= 0.3 is 0 Å². The van der Waals surface area contributed by atoms with Gasteiger partial charge in [-0.25, -0.2) is 0 Å². The molecule has 1 aliphatic carbocycles. The van der Waals surface area contributed by atoms with E-state index in [-0.39, 0.29) is 18.1 Å². The van der Waals surface area contributed by atoms with Gasteiger partial charge in [0, 0.05) is 12.6 Å². The molecule has 1 saturated carbocycles. The van der Waals surface area contributed by atoms with Crippen molar-refractivity contribution in [1.29, 1.82) is 0 Å². The van der Waals surface area contributed by atoms with E-state index in [0.29, 0.717) is 12.6 Å². The van der Waals surface area contributed by atoms with Crippen molar-refractivity contribution in [2.75, 3.05) is 13.1 Å². The standard InChI is InChI=1S/C11H20N2O2/c1-8(14)7-13-6-2-3-10(13)11(15)12-9-4-5-9/h8-10,14H,2-7H2,1H3,(H,12,15). The molecule has 2 rings (SSSR count). The van der Waals surface area contributed by atoms with Crippen LogP contribution in [0.5, 0.6) is 0 Å². The fourth-order valence-corrected chi connectivity index (χ4v) is 2.21. The first-order valence-electron chi connectivity index (χ1n) is 5.89. The maximum atomic E-state index is 11.9. The molecular formula is C11H20N2O2. The van der Waals surface area contributed by atoms with Gasteiger partial charge < -0.3 is 10.4 Å². The summed E-state index contributed by atoms with van der Waals surface area (Å²) in [5.74, 6) is 0.163. The largest absolute Gasteiger partial charge is 0.392 e. The van der Waals surface area contributed by atoms with Gasteiger partial charge in [0.15, 0.2) is 0 Å². The van der Waals surface area contributed by atoms with Crippen molar-refractivity contribution in [3.8, 4) is 0 Å². The molecule has 2 unspecified atom stereocenters. The van der Waals surface area contributed by atoms with E-state index in [1.807, 2.05) is 0 Å². The predicted molar refractivity (Wildman–Crippen MR) is 57.4 cm³/mol. The van der Waals surface area contributed by atoms with E-state index in [4.69, 9.17) is 0 Å². The summed E-state index contributed by atoms with van der Waals surface area (Å²) in [5, 5.41) is 12.4. The summed E-state index contributed by atoms with van der Waals surface area (Å²) in [6.45, 7) is 3.32. The topological polar surface area (TPSA) is 52.6 Å². The molecule has 1 saturated heterocycles. The van der Waals surface area contributed by atoms with Crippen LogP contribution >= 0.6 is 0 Å². The molecule has 0 bridgehead atoms. The Kier molecular flexibility index (Phi) is 3.26. The molecule has 0 aromatic heterocycles. The fraction of sp³-hybridized carbons (Fsp3) is 0.909. The van der Waals surface area contributed by atoms with Crippen LogP contribution in [0.1, 0.15) is 32.6 Å². The molecule has 0 radical (unpaired) electrons. The summed E-state index contributed by atoms with van der Waals surface area (Å²) in [7, 11) is 0.